The summed E-state index contributed by atoms with van der Waals surface area (Å²) in [6.07, 6.45) is 4.52. The topological polar surface area (TPSA) is 46.0 Å². The van der Waals surface area contributed by atoms with Crippen molar-refractivity contribution in [2.24, 2.45) is 0 Å². The van der Waals surface area contributed by atoms with Crippen LogP contribution in [0.15, 0.2) is 36.8 Å². The average molecular weight is 214 g/mol. The van der Waals surface area contributed by atoms with E-state index in [9.17, 15) is 5.11 Å². The van der Waals surface area contributed by atoms with Crippen molar-refractivity contribution in [3.05, 3.63) is 59.2 Å². The molecule has 3 nitrogen and oxygen atoms in total. The van der Waals surface area contributed by atoms with E-state index in [4.69, 9.17) is 0 Å². The standard InChI is InChI=1S/C13H14N2O/c1-9-7-14-6-5-12(9)13(16)11-4-3-10(2)15-8-11/h3-8,13,16H,1-2H3. The van der Waals surface area contributed by atoms with Crippen molar-refractivity contribution in [2.45, 2.75) is 20.0 Å². The average Bonchev–Trinajstić information content (AvgIpc) is 2.30. The van der Waals surface area contributed by atoms with Gasteiger partial charge in [-0.3, -0.25) is 9.97 Å². The van der Waals surface area contributed by atoms with Gasteiger partial charge in [-0.05, 0) is 37.1 Å². The molecule has 0 spiro atoms. The largest absolute Gasteiger partial charge is 0.384 e. The quantitative estimate of drug-likeness (QED) is 0.833. The Labute approximate surface area is 94.8 Å². The lowest BCUT2D eigenvalue weighted by Crippen LogP contribution is -2.03. The molecule has 0 aromatic carbocycles. The molecule has 0 aliphatic rings. The molecule has 1 unspecified atom stereocenters. The number of aromatic nitrogens is 2. The first-order chi connectivity index (χ1) is 7.68. The minimum atomic E-state index is -0.629. The Kier molecular flexibility index (Phi) is 2.97. The molecule has 1 atom stereocenters. The van der Waals surface area contributed by atoms with Crippen molar-refractivity contribution in [2.75, 3.05) is 0 Å². The molecule has 0 saturated heterocycles. The smallest absolute Gasteiger partial charge is 0.106 e. The number of rotatable bonds is 2. The molecule has 0 aliphatic carbocycles. The molecule has 1 N–H and O–H groups in total. The Morgan fingerprint density at radius 2 is 1.94 bits per heavy atom. The van der Waals surface area contributed by atoms with Gasteiger partial charge in [0.05, 0.1) is 0 Å². The first-order valence-electron chi connectivity index (χ1n) is 5.19. The molecule has 3 heteroatoms. The molecule has 0 amide bonds. The zero-order valence-corrected chi connectivity index (χ0v) is 9.38. The molecule has 0 aliphatic heterocycles. The Bertz CT molecular complexity index is 480. The third-order valence-electron chi connectivity index (χ3n) is 2.61. The third-order valence-corrected chi connectivity index (χ3v) is 2.61. The van der Waals surface area contributed by atoms with Crippen molar-refractivity contribution < 1.29 is 5.11 Å². The Morgan fingerprint density at radius 3 is 2.56 bits per heavy atom. The summed E-state index contributed by atoms with van der Waals surface area (Å²) < 4.78 is 0. The second-order valence-corrected chi connectivity index (χ2v) is 3.87. The van der Waals surface area contributed by atoms with E-state index < -0.39 is 6.10 Å². The van der Waals surface area contributed by atoms with Crippen LogP contribution in [0.3, 0.4) is 0 Å². The predicted molar refractivity (Wildman–Crippen MR) is 62.0 cm³/mol. The Balaban J connectivity index is 2.35. The first-order valence-corrected chi connectivity index (χ1v) is 5.19. The number of nitrogens with zero attached hydrogens (tertiary/aromatic N) is 2. The molecule has 82 valence electrons. The lowest BCUT2D eigenvalue weighted by Gasteiger charge is -2.13. The Morgan fingerprint density at radius 1 is 1.12 bits per heavy atom. The highest BCUT2D eigenvalue weighted by atomic mass is 16.3. The zero-order valence-electron chi connectivity index (χ0n) is 9.38. The second kappa shape index (κ2) is 4.41. The summed E-state index contributed by atoms with van der Waals surface area (Å²) >= 11 is 0. The minimum absolute atomic E-state index is 0.629. The van der Waals surface area contributed by atoms with Gasteiger partial charge in [0.25, 0.3) is 0 Å². The molecule has 0 fully saturated rings. The van der Waals surface area contributed by atoms with Gasteiger partial charge < -0.3 is 5.11 Å². The normalized spacial score (nSPS) is 12.4. The SMILES string of the molecule is Cc1ccc(C(O)c2ccncc2C)cn1. The summed E-state index contributed by atoms with van der Waals surface area (Å²) in [5.41, 5.74) is 3.61. The fourth-order valence-corrected chi connectivity index (χ4v) is 1.61. The number of hydrogen-bond donors (Lipinski definition) is 1. The van der Waals surface area contributed by atoms with Gasteiger partial charge in [-0.25, -0.2) is 0 Å². The number of pyridine rings is 2. The highest BCUT2D eigenvalue weighted by Gasteiger charge is 2.12. The maximum atomic E-state index is 10.2. The monoisotopic (exact) mass is 214 g/mol. The van der Waals surface area contributed by atoms with Crippen molar-refractivity contribution >= 4 is 0 Å². The highest BCUT2D eigenvalue weighted by Crippen LogP contribution is 2.23. The highest BCUT2D eigenvalue weighted by molar-refractivity contribution is 5.32. The Hall–Kier alpha value is -1.74. The molecular formula is C13H14N2O. The molecule has 0 bridgehead atoms. The van der Waals surface area contributed by atoms with E-state index in [-0.39, 0.29) is 0 Å². The van der Waals surface area contributed by atoms with E-state index in [0.29, 0.717) is 0 Å². The third kappa shape index (κ3) is 2.09. The van der Waals surface area contributed by atoms with E-state index in [1.54, 1.807) is 18.6 Å². The van der Waals surface area contributed by atoms with Crippen molar-refractivity contribution in [3.63, 3.8) is 0 Å². The van der Waals surface area contributed by atoms with Gasteiger partial charge in [0.1, 0.15) is 6.10 Å². The molecule has 2 aromatic heterocycles. The first kappa shape index (κ1) is 10.8. The lowest BCUT2D eigenvalue weighted by molar-refractivity contribution is 0.219. The summed E-state index contributed by atoms with van der Waals surface area (Å²) in [6.45, 7) is 3.86. The molecular weight excluding hydrogens is 200 g/mol. The summed E-state index contributed by atoms with van der Waals surface area (Å²) in [5, 5.41) is 10.2. The van der Waals surface area contributed by atoms with Crippen LogP contribution in [-0.2, 0) is 0 Å². The number of aliphatic hydroxyl groups excluding tert-OH is 1. The van der Waals surface area contributed by atoms with E-state index >= 15 is 0 Å². The molecule has 0 radical (unpaired) electrons. The maximum Gasteiger partial charge on any atom is 0.106 e. The van der Waals surface area contributed by atoms with Gasteiger partial charge >= 0.3 is 0 Å². The van der Waals surface area contributed by atoms with E-state index in [1.165, 1.54) is 0 Å². The molecule has 16 heavy (non-hydrogen) atoms. The van der Waals surface area contributed by atoms with E-state index in [0.717, 1.165) is 22.4 Å². The predicted octanol–water partition coefficient (Wildman–Crippen LogP) is 2.18. The summed E-state index contributed by atoms with van der Waals surface area (Å²) in [7, 11) is 0. The zero-order chi connectivity index (χ0) is 11.5. The molecule has 0 saturated carbocycles. The number of aliphatic hydroxyl groups is 1. The van der Waals surface area contributed by atoms with Gasteiger partial charge in [0.2, 0.25) is 0 Å². The maximum absolute atomic E-state index is 10.2. The number of hydrogen-bond acceptors (Lipinski definition) is 3. The van der Waals surface area contributed by atoms with Crippen LogP contribution in [0.5, 0.6) is 0 Å². The summed E-state index contributed by atoms with van der Waals surface area (Å²) in [4.78, 5) is 8.19. The minimum Gasteiger partial charge on any atom is -0.384 e. The van der Waals surface area contributed by atoms with Crippen molar-refractivity contribution in [3.8, 4) is 0 Å². The van der Waals surface area contributed by atoms with Crippen molar-refractivity contribution in [1.29, 1.82) is 0 Å². The van der Waals surface area contributed by atoms with Gasteiger partial charge in [-0.2, -0.15) is 0 Å². The van der Waals surface area contributed by atoms with Crippen LogP contribution in [0.4, 0.5) is 0 Å². The van der Waals surface area contributed by atoms with Crippen LogP contribution in [-0.4, -0.2) is 15.1 Å². The van der Waals surface area contributed by atoms with Crippen LogP contribution in [0.25, 0.3) is 0 Å². The van der Waals surface area contributed by atoms with Gasteiger partial charge in [0.15, 0.2) is 0 Å². The van der Waals surface area contributed by atoms with Crippen LogP contribution in [0, 0.1) is 13.8 Å². The molecule has 2 heterocycles. The van der Waals surface area contributed by atoms with Crippen LogP contribution in [0.2, 0.25) is 0 Å². The van der Waals surface area contributed by atoms with Crippen LogP contribution in [0.1, 0.15) is 28.5 Å². The van der Waals surface area contributed by atoms with Gasteiger partial charge in [-0.15, -0.1) is 0 Å². The molecule has 2 rings (SSSR count). The van der Waals surface area contributed by atoms with Crippen molar-refractivity contribution in [1.82, 2.24) is 9.97 Å². The van der Waals surface area contributed by atoms with Crippen LogP contribution >= 0.6 is 0 Å². The fourth-order valence-electron chi connectivity index (χ4n) is 1.61. The number of aryl methyl sites for hydroxylation is 2. The van der Waals surface area contributed by atoms with Gasteiger partial charge in [-0.1, -0.05) is 6.07 Å². The van der Waals surface area contributed by atoms with Gasteiger partial charge in [0, 0.05) is 29.8 Å². The second-order valence-electron chi connectivity index (χ2n) is 3.87. The molecule has 2 aromatic rings. The lowest BCUT2D eigenvalue weighted by atomic mass is 10.0. The summed E-state index contributed by atoms with van der Waals surface area (Å²) in [6, 6.07) is 5.63. The van der Waals surface area contributed by atoms with Crippen LogP contribution < -0.4 is 0 Å². The van der Waals surface area contributed by atoms with E-state index in [2.05, 4.69) is 9.97 Å². The fraction of sp³-hybridized carbons (Fsp3) is 0.231. The van der Waals surface area contributed by atoms with E-state index in [1.807, 2.05) is 32.0 Å². The summed E-state index contributed by atoms with van der Waals surface area (Å²) in [5.74, 6) is 0.